The number of hydrogen-bond donors (Lipinski definition) is 1. The van der Waals surface area contributed by atoms with Gasteiger partial charge in [-0.15, -0.1) is 0 Å². The van der Waals surface area contributed by atoms with Crippen molar-refractivity contribution in [1.82, 2.24) is 14.7 Å². The lowest BCUT2D eigenvalue weighted by Gasteiger charge is -2.04. The summed E-state index contributed by atoms with van der Waals surface area (Å²) >= 11 is 0. The van der Waals surface area contributed by atoms with E-state index in [-0.39, 0.29) is 6.61 Å². The molecule has 0 radical (unpaired) electrons. The molecule has 0 amide bonds. The maximum absolute atomic E-state index is 9.38. The highest BCUT2D eigenvalue weighted by molar-refractivity contribution is 5.75. The Bertz CT molecular complexity index is 684. The molecule has 2 aromatic heterocycles. The third kappa shape index (κ3) is 1.78. The van der Waals surface area contributed by atoms with Gasteiger partial charge in [0.05, 0.1) is 17.6 Å². The topological polar surface area (TPSA) is 64.1 Å². The molecule has 3 rings (SSSR count). The van der Waals surface area contributed by atoms with Crippen LogP contribution in [0.2, 0.25) is 0 Å². The molecular weight excluding hydrogens is 230 g/mol. The van der Waals surface area contributed by atoms with Crippen molar-refractivity contribution >= 4 is 11.0 Å². The molecule has 0 unspecified atom stereocenters. The van der Waals surface area contributed by atoms with E-state index in [9.17, 15) is 5.11 Å². The Balaban J connectivity index is 2.09. The molecule has 18 heavy (non-hydrogen) atoms. The first-order valence-electron chi connectivity index (χ1n) is 5.75. The lowest BCUT2D eigenvalue weighted by molar-refractivity contribution is 0.266. The number of imidazole rings is 1. The molecule has 0 bridgehead atoms. The molecule has 0 atom stereocenters. The molecule has 5 heteroatoms. The summed E-state index contributed by atoms with van der Waals surface area (Å²) in [6.07, 6.45) is 0. The van der Waals surface area contributed by atoms with Gasteiger partial charge in [0, 0.05) is 6.07 Å². The SMILES string of the molecule is Cc1cc(Cn2c(CO)nc3ccccc32)no1. The number of aliphatic hydroxyl groups is 1. The summed E-state index contributed by atoms with van der Waals surface area (Å²) in [5, 5.41) is 13.3. The molecule has 0 saturated carbocycles. The van der Waals surface area contributed by atoms with Gasteiger partial charge in [-0.3, -0.25) is 0 Å². The summed E-state index contributed by atoms with van der Waals surface area (Å²) < 4.78 is 7.00. The summed E-state index contributed by atoms with van der Waals surface area (Å²) in [5.74, 6) is 1.41. The molecular formula is C13H13N3O2. The highest BCUT2D eigenvalue weighted by atomic mass is 16.5. The summed E-state index contributed by atoms with van der Waals surface area (Å²) in [4.78, 5) is 4.39. The van der Waals surface area contributed by atoms with Gasteiger partial charge in [-0.2, -0.15) is 0 Å². The number of aromatic nitrogens is 3. The average molecular weight is 243 g/mol. The first kappa shape index (κ1) is 11.0. The summed E-state index contributed by atoms with van der Waals surface area (Å²) in [5.41, 5.74) is 2.69. The number of rotatable bonds is 3. The molecule has 0 fully saturated rings. The fourth-order valence-electron chi connectivity index (χ4n) is 2.08. The van der Waals surface area contributed by atoms with Gasteiger partial charge in [-0.25, -0.2) is 4.98 Å². The predicted octanol–water partition coefficient (Wildman–Crippen LogP) is 1.87. The van der Waals surface area contributed by atoms with Gasteiger partial charge >= 0.3 is 0 Å². The number of hydrogen-bond acceptors (Lipinski definition) is 4. The zero-order valence-electron chi connectivity index (χ0n) is 10.00. The van der Waals surface area contributed by atoms with Crippen molar-refractivity contribution in [3.8, 4) is 0 Å². The van der Waals surface area contributed by atoms with Crippen molar-refractivity contribution in [1.29, 1.82) is 0 Å². The number of benzene rings is 1. The minimum atomic E-state index is -0.0918. The van der Waals surface area contributed by atoms with Crippen LogP contribution in [0.3, 0.4) is 0 Å². The van der Waals surface area contributed by atoms with Crippen molar-refractivity contribution in [2.24, 2.45) is 0 Å². The van der Waals surface area contributed by atoms with Crippen LogP contribution in [0.25, 0.3) is 11.0 Å². The largest absolute Gasteiger partial charge is 0.388 e. The molecule has 0 spiro atoms. The normalized spacial score (nSPS) is 11.2. The molecule has 0 aliphatic heterocycles. The van der Waals surface area contributed by atoms with Crippen LogP contribution in [0.15, 0.2) is 34.9 Å². The number of para-hydroxylation sites is 2. The lowest BCUT2D eigenvalue weighted by Crippen LogP contribution is -2.05. The van der Waals surface area contributed by atoms with E-state index in [1.807, 2.05) is 41.8 Å². The van der Waals surface area contributed by atoms with E-state index in [4.69, 9.17) is 4.52 Å². The highest BCUT2D eigenvalue weighted by Gasteiger charge is 2.11. The molecule has 5 nitrogen and oxygen atoms in total. The number of fused-ring (bicyclic) bond motifs is 1. The molecule has 3 aromatic rings. The van der Waals surface area contributed by atoms with Gasteiger partial charge in [0.15, 0.2) is 0 Å². The smallest absolute Gasteiger partial charge is 0.136 e. The van der Waals surface area contributed by atoms with E-state index in [2.05, 4.69) is 10.1 Å². The van der Waals surface area contributed by atoms with Crippen LogP contribution in [0.5, 0.6) is 0 Å². The quantitative estimate of drug-likeness (QED) is 0.762. The van der Waals surface area contributed by atoms with Gasteiger partial charge < -0.3 is 14.2 Å². The summed E-state index contributed by atoms with van der Waals surface area (Å²) in [6.45, 7) is 2.31. The van der Waals surface area contributed by atoms with E-state index in [0.717, 1.165) is 22.5 Å². The highest BCUT2D eigenvalue weighted by Crippen LogP contribution is 2.17. The maximum Gasteiger partial charge on any atom is 0.136 e. The third-order valence-corrected chi connectivity index (χ3v) is 2.87. The second kappa shape index (κ2) is 4.27. The average Bonchev–Trinajstić information content (AvgIpc) is 2.94. The maximum atomic E-state index is 9.38. The Morgan fingerprint density at radius 3 is 2.89 bits per heavy atom. The molecule has 0 aliphatic rings. The van der Waals surface area contributed by atoms with Gasteiger partial charge in [-0.05, 0) is 19.1 Å². The van der Waals surface area contributed by atoms with Crippen molar-refractivity contribution in [2.75, 3.05) is 0 Å². The minimum absolute atomic E-state index is 0.0918. The molecule has 2 heterocycles. The van der Waals surface area contributed by atoms with E-state index >= 15 is 0 Å². The molecule has 1 aromatic carbocycles. The van der Waals surface area contributed by atoms with Crippen molar-refractivity contribution in [2.45, 2.75) is 20.1 Å². The van der Waals surface area contributed by atoms with Gasteiger partial charge in [0.1, 0.15) is 23.9 Å². The third-order valence-electron chi connectivity index (χ3n) is 2.87. The van der Waals surface area contributed by atoms with Crippen molar-refractivity contribution in [3.05, 3.63) is 47.6 Å². The van der Waals surface area contributed by atoms with Crippen LogP contribution in [-0.2, 0) is 13.2 Å². The molecule has 92 valence electrons. The van der Waals surface area contributed by atoms with Gasteiger partial charge in [0.25, 0.3) is 0 Å². The molecule has 0 aliphatic carbocycles. The Morgan fingerprint density at radius 2 is 2.17 bits per heavy atom. The molecule has 1 N–H and O–H groups in total. The van der Waals surface area contributed by atoms with Crippen LogP contribution >= 0.6 is 0 Å². The number of nitrogens with zero attached hydrogens (tertiary/aromatic N) is 3. The second-order valence-corrected chi connectivity index (χ2v) is 4.19. The van der Waals surface area contributed by atoms with E-state index in [1.54, 1.807) is 0 Å². The van der Waals surface area contributed by atoms with Crippen LogP contribution in [0.1, 0.15) is 17.3 Å². The van der Waals surface area contributed by atoms with Gasteiger partial charge in [0.2, 0.25) is 0 Å². The minimum Gasteiger partial charge on any atom is -0.388 e. The fourth-order valence-corrected chi connectivity index (χ4v) is 2.08. The Labute approximate surface area is 104 Å². The lowest BCUT2D eigenvalue weighted by atomic mass is 10.3. The fraction of sp³-hybridized carbons (Fsp3) is 0.231. The second-order valence-electron chi connectivity index (χ2n) is 4.19. The van der Waals surface area contributed by atoms with E-state index in [0.29, 0.717) is 12.4 Å². The summed E-state index contributed by atoms with van der Waals surface area (Å²) in [7, 11) is 0. The zero-order valence-corrected chi connectivity index (χ0v) is 10.00. The first-order valence-corrected chi connectivity index (χ1v) is 5.75. The Hall–Kier alpha value is -2.14. The van der Waals surface area contributed by atoms with Crippen LogP contribution in [-0.4, -0.2) is 19.8 Å². The Morgan fingerprint density at radius 1 is 1.33 bits per heavy atom. The van der Waals surface area contributed by atoms with Gasteiger partial charge in [-0.1, -0.05) is 17.3 Å². The van der Waals surface area contributed by atoms with Crippen molar-refractivity contribution in [3.63, 3.8) is 0 Å². The van der Waals surface area contributed by atoms with E-state index in [1.165, 1.54) is 0 Å². The molecule has 0 saturated heterocycles. The monoisotopic (exact) mass is 243 g/mol. The summed E-state index contributed by atoms with van der Waals surface area (Å²) in [6, 6.07) is 9.68. The number of aryl methyl sites for hydroxylation is 1. The predicted molar refractivity (Wildman–Crippen MR) is 66.0 cm³/mol. The van der Waals surface area contributed by atoms with Crippen molar-refractivity contribution < 1.29 is 9.63 Å². The van der Waals surface area contributed by atoms with Crippen LogP contribution in [0.4, 0.5) is 0 Å². The first-order chi connectivity index (χ1) is 8.78. The zero-order chi connectivity index (χ0) is 12.5. The van der Waals surface area contributed by atoms with Crippen LogP contribution < -0.4 is 0 Å². The standard InChI is InChI=1S/C13H13N3O2/c1-9-6-10(15-18-9)7-16-12-5-3-2-4-11(12)14-13(16)8-17/h2-6,17H,7-8H2,1H3. The van der Waals surface area contributed by atoms with Crippen LogP contribution in [0, 0.1) is 6.92 Å². The Kier molecular flexibility index (Phi) is 2.60. The number of aliphatic hydroxyl groups excluding tert-OH is 1. The van der Waals surface area contributed by atoms with E-state index < -0.39 is 0 Å².